The Balaban J connectivity index is 2.16. The zero-order valence-corrected chi connectivity index (χ0v) is 15.1. The molecule has 3 aromatic rings. The van der Waals surface area contributed by atoms with Crippen LogP contribution >= 0.6 is 11.3 Å². The van der Waals surface area contributed by atoms with Crippen LogP contribution in [0.2, 0.25) is 0 Å². The van der Waals surface area contributed by atoms with Gasteiger partial charge in [0.15, 0.2) is 0 Å². The smallest absolute Gasteiger partial charge is 0.307 e. The summed E-state index contributed by atoms with van der Waals surface area (Å²) in [4.78, 5) is 16.9. The van der Waals surface area contributed by atoms with Crippen LogP contribution in [0.5, 0.6) is 5.88 Å². The van der Waals surface area contributed by atoms with Gasteiger partial charge in [-0.3, -0.25) is 14.8 Å². The van der Waals surface area contributed by atoms with Crippen molar-refractivity contribution in [3.8, 4) is 5.88 Å². The second-order valence-electron chi connectivity index (χ2n) is 5.66. The Labute approximate surface area is 156 Å². The number of benzene rings is 2. The van der Waals surface area contributed by atoms with Crippen molar-refractivity contribution in [2.45, 2.75) is 4.90 Å². The first-order chi connectivity index (χ1) is 12.9. The van der Waals surface area contributed by atoms with E-state index in [1.165, 1.54) is 6.21 Å². The van der Waals surface area contributed by atoms with Crippen LogP contribution in [-0.4, -0.2) is 24.7 Å². The molecule has 136 valence electrons. The number of sulfone groups is 1. The van der Waals surface area contributed by atoms with E-state index in [1.807, 2.05) is 0 Å². The molecule has 0 bridgehead atoms. The van der Waals surface area contributed by atoms with E-state index in [0.717, 1.165) is 24.3 Å². The molecule has 27 heavy (non-hydrogen) atoms. The molecule has 1 aromatic heterocycles. The Morgan fingerprint density at radius 2 is 1.89 bits per heavy atom. The summed E-state index contributed by atoms with van der Waals surface area (Å²) >= 11 is 0.581. The third-order valence-electron chi connectivity index (χ3n) is 4.01. The van der Waals surface area contributed by atoms with Gasteiger partial charge in [0.1, 0.15) is 15.6 Å². The summed E-state index contributed by atoms with van der Waals surface area (Å²) < 4.78 is 40.0. The van der Waals surface area contributed by atoms with E-state index >= 15 is 0 Å². The molecule has 0 fully saturated rings. The maximum atomic E-state index is 13.4. The quantitative estimate of drug-likeness (QED) is 0.647. The number of nitrogens with zero attached hydrogens (tertiary/aromatic N) is 1. The number of thiazole rings is 1. The maximum absolute atomic E-state index is 13.4. The van der Waals surface area contributed by atoms with Gasteiger partial charge in [-0.1, -0.05) is 23.5 Å². The van der Waals surface area contributed by atoms with Crippen LogP contribution in [0, 0.1) is 5.82 Å². The van der Waals surface area contributed by atoms with E-state index < -0.39 is 26.4 Å². The number of aromatic nitrogens is 1. The van der Waals surface area contributed by atoms with E-state index in [0.29, 0.717) is 27.5 Å². The summed E-state index contributed by atoms with van der Waals surface area (Å²) in [5.41, 5.74) is 0.571. The molecule has 2 aromatic carbocycles. The maximum Gasteiger partial charge on any atom is 0.307 e. The van der Waals surface area contributed by atoms with Crippen molar-refractivity contribution in [2.75, 3.05) is 0 Å². The number of hydrogen-bond donors (Lipinski definition) is 2. The zero-order valence-electron chi connectivity index (χ0n) is 13.5. The highest BCUT2D eigenvalue weighted by molar-refractivity contribution is 8.00. The molecule has 6 nitrogen and oxygen atoms in total. The Hall–Kier alpha value is -3.04. The molecule has 0 saturated heterocycles. The van der Waals surface area contributed by atoms with Gasteiger partial charge in [-0.25, -0.2) is 12.8 Å². The molecule has 2 N–H and O–H groups in total. The number of H-pyrrole nitrogens is 1. The van der Waals surface area contributed by atoms with Gasteiger partial charge in [0.05, 0.1) is 10.6 Å². The van der Waals surface area contributed by atoms with E-state index in [-0.39, 0.29) is 14.7 Å². The molecular formula is C18H11FN2O4S2. The Kier molecular flexibility index (Phi) is 4.05. The summed E-state index contributed by atoms with van der Waals surface area (Å²) in [6.07, 6.45) is 3.19. The molecule has 0 radical (unpaired) electrons. The van der Waals surface area contributed by atoms with Crippen LogP contribution < -0.4 is 15.3 Å². The lowest BCUT2D eigenvalue weighted by molar-refractivity contribution is 0.454. The van der Waals surface area contributed by atoms with Crippen molar-refractivity contribution in [1.29, 1.82) is 0 Å². The lowest BCUT2D eigenvalue weighted by Crippen LogP contribution is -2.29. The molecular weight excluding hydrogens is 391 g/mol. The van der Waals surface area contributed by atoms with Crippen LogP contribution in [0.25, 0.3) is 11.0 Å². The molecule has 0 amide bonds. The van der Waals surface area contributed by atoms with Crippen LogP contribution in [0.1, 0.15) is 4.88 Å². The normalized spacial score (nSPS) is 14.0. The number of halogens is 1. The topological polar surface area (TPSA) is 99.6 Å². The van der Waals surface area contributed by atoms with Crippen molar-refractivity contribution in [3.05, 3.63) is 73.3 Å². The highest BCUT2D eigenvalue weighted by Crippen LogP contribution is 2.32. The van der Waals surface area contributed by atoms with E-state index in [9.17, 15) is 22.7 Å². The van der Waals surface area contributed by atoms with Crippen molar-refractivity contribution in [2.24, 2.45) is 4.99 Å². The van der Waals surface area contributed by atoms with Gasteiger partial charge in [-0.15, -0.1) is 0 Å². The fourth-order valence-electron chi connectivity index (χ4n) is 2.83. The van der Waals surface area contributed by atoms with Gasteiger partial charge < -0.3 is 5.11 Å². The average molecular weight is 402 g/mol. The predicted molar refractivity (Wildman–Crippen MR) is 101 cm³/mol. The molecule has 0 unspecified atom stereocenters. The number of hydrogen-bond acceptors (Lipinski definition) is 6. The zero-order chi connectivity index (χ0) is 19.2. The van der Waals surface area contributed by atoms with Gasteiger partial charge in [0, 0.05) is 16.7 Å². The largest absolute Gasteiger partial charge is 0.493 e. The molecule has 4 rings (SSSR count). The minimum Gasteiger partial charge on any atom is -0.493 e. The monoisotopic (exact) mass is 402 g/mol. The van der Waals surface area contributed by atoms with Crippen LogP contribution in [-0.2, 0) is 9.84 Å². The Bertz CT molecular complexity index is 1370. The van der Waals surface area contributed by atoms with Crippen molar-refractivity contribution in [1.82, 2.24) is 4.98 Å². The minimum atomic E-state index is -4.19. The highest BCUT2D eigenvalue weighted by atomic mass is 32.2. The van der Waals surface area contributed by atoms with Gasteiger partial charge in [0.2, 0.25) is 15.7 Å². The lowest BCUT2D eigenvalue weighted by Gasteiger charge is -2.09. The van der Waals surface area contributed by atoms with Crippen LogP contribution in [0.15, 0.2) is 57.1 Å². The van der Waals surface area contributed by atoms with Crippen LogP contribution in [0.3, 0.4) is 0 Å². The molecule has 1 aliphatic heterocycles. The third-order valence-corrected chi connectivity index (χ3v) is 6.88. The Morgan fingerprint density at radius 3 is 2.56 bits per heavy atom. The van der Waals surface area contributed by atoms with Gasteiger partial charge >= 0.3 is 4.87 Å². The molecule has 0 spiro atoms. The lowest BCUT2D eigenvalue weighted by atomic mass is 10.2. The SMILES string of the molecule is O=c1[nH]c(O)c(C(=c2cccc3c2=CC=N3)S(=O)(=O)c2ccc(F)cc2)s1. The first kappa shape index (κ1) is 17.4. The summed E-state index contributed by atoms with van der Waals surface area (Å²) in [6, 6.07) is 9.28. The van der Waals surface area contributed by atoms with Crippen molar-refractivity contribution in [3.63, 3.8) is 0 Å². The van der Waals surface area contributed by atoms with Crippen LogP contribution in [0.4, 0.5) is 10.1 Å². The molecule has 0 saturated carbocycles. The van der Waals surface area contributed by atoms with E-state index in [4.69, 9.17) is 0 Å². The van der Waals surface area contributed by atoms with Gasteiger partial charge in [-0.2, -0.15) is 0 Å². The molecule has 9 heteroatoms. The van der Waals surface area contributed by atoms with Crippen molar-refractivity contribution >= 4 is 44.1 Å². The number of aliphatic imine (C=N–C) groups is 1. The Morgan fingerprint density at radius 1 is 1.15 bits per heavy atom. The van der Waals surface area contributed by atoms with E-state index in [2.05, 4.69) is 9.98 Å². The fourth-order valence-corrected chi connectivity index (χ4v) is 5.50. The van der Waals surface area contributed by atoms with Gasteiger partial charge in [0.25, 0.3) is 0 Å². The summed E-state index contributed by atoms with van der Waals surface area (Å²) in [5, 5.41) is 11.0. The summed E-state index contributed by atoms with van der Waals surface area (Å²) in [7, 11) is -4.19. The number of fused-ring (bicyclic) bond motifs is 1. The predicted octanol–water partition coefficient (Wildman–Crippen LogP) is 1.41. The first-order valence-corrected chi connectivity index (χ1v) is 9.99. The number of aromatic amines is 1. The fraction of sp³-hybridized carbons (Fsp3) is 0. The average Bonchev–Trinajstić information content (AvgIpc) is 3.22. The molecule has 0 aliphatic carbocycles. The second-order valence-corrected chi connectivity index (χ2v) is 8.53. The number of nitrogens with one attached hydrogen (secondary N) is 1. The molecule has 1 aliphatic rings. The standard InChI is InChI=1S/C18H11FN2O4S2/c19-10-4-6-11(7-5-10)27(24,25)16(15-17(22)21-18(23)26-15)13-2-1-3-14-12(13)8-9-20-14/h1-9,22H,(H,21,23). The number of rotatable bonds is 3. The first-order valence-electron chi connectivity index (χ1n) is 7.69. The second kappa shape index (κ2) is 6.29. The highest BCUT2D eigenvalue weighted by Gasteiger charge is 2.28. The molecule has 2 heterocycles. The summed E-state index contributed by atoms with van der Waals surface area (Å²) in [5.74, 6) is -1.12. The minimum absolute atomic E-state index is 0.113. The van der Waals surface area contributed by atoms with Crippen molar-refractivity contribution < 1.29 is 17.9 Å². The third kappa shape index (κ3) is 2.90. The van der Waals surface area contributed by atoms with E-state index in [1.54, 1.807) is 24.3 Å². The summed E-state index contributed by atoms with van der Waals surface area (Å²) in [6.45, 7) is 0. The number of aromatic hydroxyl groups is 1. The molecule has 0 atom stereocenters. The van der Waals surface area contributed by atoms with Gasteiger partial charge in [-0.05, 0) is 36.4 Å².